The van der Waals surface area contributed by atoms with Crippen LogP contribution in [-0.4, -0.2) is 59.3 Å². The van der Waals surface area contributed by atoms with Crippen LogP contribution in [0.1, 0.15) is 20.8 Å². The Labute approximate surface area is 109 Å². The van der Waals surface area contributed by atoms with Gasteiger partial charge in [-0.2, -0.15) is 8.78 Å². The first-order chi connectivity index (χ1) is 8.30. The van der Waals surface area contributed by atoms with Crippen molar-refractivity contribution < 1.29 is 31.9 Å². The van der Waals surface area contributed by atoms with Crippen molar-refractivity contribution in [2.75, 3.05) is 13.1 Å². The topological polar surface area (TPSA) is 91.8 Å². The summed E-state index contributed by atoms with van der Waals surface area (Å²) >= 11 is 0. The number of hydrogen-bond donors (Lipinski definition) is 1. The fraction of sp³-hybridized carbons (Fsp3) is 0.800. The summed E-state index contributed by atoms with van der Waals surface area (Å²) in [5.74, 6) is -6.88. The van der Waals surface area contributed by atoms with Gasteiger partial charge >= 0.3 is 11.9 Å². The summed E-state index contributed by atoms with van der Waals surface area (Å²) < 4.78 is 48.4. The Morgan fingerprint density at radius 2 is 1.84 bits per heavy atom. The maximum absolute atomic E-state index is 13.0. The van der Waals surface area contributed by atoms with E-state index in [0.717, 1.165) is 0 Å². The average Bonchev–Trinajstić information content (AvgIpc) is 2.18. The predicted octanol–water partition coefficient (Wildman–Crippen LogP) is 0.130. The summed E-state index contributed by atoms with van der Waals surface area (Å²) in [6.45, 7) is 1.60. The highest BCUT2D eigenvalue weighted by atomic mass is 32.2. The lowest BCUT2D eigenvalue weighted by Gasteiger charge is -2.41. The lowest BCUT2D eigenvalue weighted by Crippen LogP contribution is -2.62. The van der Waals surface area contributed by atoms with Crippen molar-refractivity contribution in [3.05, 3.63) is 0 Å². The molecule has 0 bridgehead atoms. The van der Waals surface area contributed by atoms with Gasteiger partial charge in [-0.15, -0.1) is 0 Å². The zero-order valence-electron chi connectivity index (χ0n) is 10.7. The van der Waals surface area contributed by atoms with E-state index in [1.807, 2.05) is 0 Å². The Morgan fingerprint density at radius 3 is 2.21 bits per heavy atom. The number of alkyl halides is 2. The van der Waals surface area contributed by atoms with Crippen LogP contribution in [0, 0.1) is 0 Å². The Hall–Kier alpha value is -1.25. The van der Waals surface area contributed by atoms with Gasteiger partial charge in [-0.05, 0) is 13.8 Å². The molecule has 9 heteroatoms. The van der Waals surface area contributed by atoms with Gasteiger partial charge in [-0.1, -0.05) is 0 Å². The minimum Gasteiger partial charge on any atom is -0.480 e. The van der Waals surface area contributed by atoms with E-state index in [-0.39, 0.29) is 0 Å². The Morgan fingerprint density at radius 1 is 1.37 bits per heavy atom. The second kappa shape index (κ2) is 4.39. The number of halogens is 2. The van der Waals surface area contributed by atoms with Crippen LogP contribution >= 0.6 is 0 Å². The Balaban J connectivity index is 3.19. The van der Waals surface area contributed by atoms with Crippen molar-refractivity contribution in [2.24, 2.45) is 0 Å². The minimum absolute atomic E-state index is 0.390. The van der Waals surface area contributed by atoms with Crippen LogP contribution in [-0.2, 0) is 19.4 Å². The van der Waals surface area contributed by atoms with Crippen LogP contribution < -0.4 is 0 Å². The van der Waals surface area contributed by atoms with Gasteiger partial charge in [0.05, 0.1) is 4.75 Å². The monoisotopic (exact) mass is 299 g/mol. The molecule has 0 spiro atoms. The quantitative estimate of drug-likeness (QED) is 0.782. The minimum atomic E-state index is -4.05. The van der Waals surface area contributed by atoms with Gasteiger partial charge < -0.3 is 10.0 Å². The predicted molar refractivity (Wildman–Crippen MR) is 61.6 cm³/mol. The van der Waals surface area contributed by atoms with Gasteiger partial charge in [0.1, 0.15) is 0 Å². The molecule has 1 aliphatic heterocycles. The van der Waals surface area contributed by atoms with Crippen molar-refractivity contribution >= 4 is 21.7 Å². The number of sulfone groups is 1. The van der Waals surface area contributed by atoms with Gasteiger partial charge in [0.25, 0.3) is 5.91 Å². The number of hydrogen-bond acceptors (Lipinski definition) is 4. The molecule has 1 fully saturated rings. The molecule has 1 rings (SSSR count). The van der Waals surface area contributed by atoms with Crippen LogP contribution in [0.15, 0.2) is 0 Å². The third-order valence-corrected chi connectivity index (χ3v) is 5.81. The highest BCUT2D eigenvalue weighted by Crippen LogP contribution is 2.30. The van der Waals surface area contributed by atoms with E-state index in [4.69, 9.17) is 5.11 Å². The van der Waals surface area contributed by atoms with Crippen LogP contribution in [0.3, 0.4) is 0 Å². The number of carboxylic acids is 1. The number of carbonyl (C=O) groups excluding carboxylic acids is 1. The van der Waals surface area contributed by atoms with Crippen molar-refractivity contribution in [1.29, 1.82) is 0 Å². The third-order valence-electron chi connectivity index (χ3n) is 3.04. The van der Waals surface area contributed by atoms with Gasteiger partial charge in [0.2, 0.25) is 0 Å². The highest BCUT2D eigenvalue weighted by Gasteiger charge is 2.53. The summed E-state index contributed by atoms with van der Waals surface area (Å²) in [6, 6.07) is 0. The lowest BCUT2D eigenvalue weighted by molar-refractivity contribution is -0.156. The molecule has 1 N–H and O–H groups in total. The first-order valence-electron chi connectivity index (χ1n) is 5.44. The maximum atomic E-state index is 13.0. The molecule has 0 aliphatic carbocycles. The molecule has 6 nitrogen and oxygen atoms in total. The third kappa shape index (κ3) is 2.70. The molecule has 1 saturated heterocycles. The SMILES string of the molecule is CC(F)(F)C(=O)N1CC(C(=O)O)S(=O)(=O)C(C)(C)C1. The van der Waals surface area contributed by atoms with Crippen molar-refractivity contribution in [3.8, 4) is 0 Å². The van der Waals surface area contributed by atoms with Crippen molar-refractivity contribution in [1.82, 2.24) is 4.90 Å². The van der Waals surface area contributed by atoms with E-state index in [9.17, 15) is 26.8 Å². The molecular weight excluding hydrogens is 284 g/mol. The molecule has 0 aromatic carbocycles. The van der Waals surface area contributed by atoms with E-state index in [1.54, 1.807) is 0 Å². The molecule has 110 valence electrons. The van der Waals surface area contributed by atoms with E-state index in [2.05, 4.69) is 0 Å². The van der Waals surface area contributed by atoms with E-state index in [0.29, 0.717) is 11.8 Å². The molecule has 1 heterocycles. The summed E-state index contributed by atoms with van der Waals surface area (Å²) in [4.78, 5) is 23.0. The van der Waals surface area contributed by atoms with Crippen LogP contribution in [0.5, 0.6) is 0 Å². The van der Waals surface area contributed by atoms with Crippen molar-refractivity contribution in [3.63, 3.8) is 0 Å². The molecule has 1 aliphatic rings. The number of rotatable bonds is 2. The number of aliphatic carboxylic acids is 1. The number of nitrogens with zero attached hydrogens (tertiary/aromatic N) is 1. The lowest BCUT2D eigenvalue weighted by atomic mass is 10.1. The van der Waals surface area contributed by atoms with Gasteiger partial charge in [-0.25, -0.2) is 8.42 Å². The summed E-state index contributed by atoms with van der Waals surface area (Å²) in [5, 5.41) is 7.02. The second-order valence-electron chi connectivity index (χ2n) is 5.21. The molecule has 0 aromatic rings. The highest BCUT2D eigenvalue weighted by molar-refractivity contribution is 7.94. The van der Waals surface area contributed by atoms with Crippen LogP contribution in [0.4, 0.5) is 8.78 Å². The number of amides is 1. The maximum Gasteiger partial charge on any atom is 0.323 e. The molecule has 0 radical (unpaired) electrons. The van der Waals surface area contributed by atoms with E-state index in [1.165, 1.54) is 13.8 Å². The Bertz CT molecular complexity index is 509. The number of carboxylic acid groups (broad SMARTS) is 1. The molecular formula is C10H15F2NO5S. The fourth-order valence-electron chi connectivity index (χ4n) is 1.94. The fourth-order valence-corrected chi connectivity index (χ4v) is 3.69. The average molecular weight is 299 g/mol. The van der Waals surface area contributed by atoms with E-state index >= 15 is 0 Å². The van der Waals surface area contributed by atoms with Crippen LogP contribution in [0.2, 0.25) is 0 Å². The molecule has 0 aromatic heterocycles. The summed E-state index contributed by atoms with van der Waals surface area (Å²) in [7, 11) is -4.05. The smallest absolute Gasteiger partial charge is 0.323 e. The summed E-state index contributed by atoms with van der Waals surface area (Å²) in [6.07, 6.45) is 0. The first-order valence-corrected chi connectivity index (χ1v) is 6.99. The summed E-state index contributed by atoms with van der Waals surface area (Å²) in [5.41, 5.74) is 0. The molecule has 0 saturated carbocycles. The number of carbonyl (C=O) groups is 2. The zero-order chi connectivity index (χ0) is 15.2. The van der Waals surface area contributed by atoms with Crippen LogP contribution in [0.25, 0.3) is 0 Å². The molecule has 19 heavy (non-hydrogen) atoms. The first kappa shape index (κ1) is 15.8. The normalized spacial score (nSPS) is 25.9. The molecule has 1 unspecified atom stereocenters. The standard InChI is InChI=1S/C10H15F2NO5S/c1-9(2)5-13(8(16)10(3,11)12)4-6(7(14)15)19(9,17)18/h6H,4-5H2,1-3H3,(H,14,15). The van der Waals surface area contributed by atoms with Gasteiger partial charge in [0, 0.05) is 20.0 Å². The largest absolute Gasteiger partial charge is 0.480 e. The second-order valence-corrected chi connectivity index (χ2v) is 7.97. The van der Waals surface area contributed by atoms with Crippen molar-refractivity contribution in [2.45, 2.75) is 36.7 Å². The zero-order valence-corrected chi connectivity index (χ0v) is 11.5. The molecule has 1 amide bonds. The molecule has 1 atom stereocenters. The Kier molecular flexibility index (Phi) is 3.66. The van der Waals surface area contributed by atoms with Gasteiger partial charge in [0.15, 0.2) is 15.1 Å². The van der Waals surface area contributed by atoms with E-state index < -0.39 is 50.7 Å². The van der Waals surface area contributed by atoms with Gasteiger partial charge in [-0.3, -0.25) is 9.59 Å².